The summed E-state index contributed by atoms with van der Waals surface area (Å²) in [5.74, 6) is 0.816. The smallest absolute Gasteiger partial charge is 0.224 e. The maximum Gasteiger partial charge on any atom is 0.224 e. The van der Waals surface area contributed by atoms with Gasteiger partial charge in [0.15, 0.2) is 6.29 Å². The van der Waals surface area contributed by atoms with Crippen LogP contribution in [0.4, 0.5) is 5.82 Å². The number of hydrogen-bond donors (Lipinski definition) is 2. The van der Waals surface area contributed by atoms with E-state index in [9.17, 15) is 4.79 Å². The third-order valence-corrected chi connectivity index (χ3v) is 6.18. The largest absolute Gasteiger partial charge is 0.369 e. The maximum absolute atomic E-state index is 11.2. The monoisotopic (exact) mass is 437 g/mol. The SMILES string of the molecule is CN1C(C=O)=CCN1N1CCc2c(nc(Cl)nc2NCCc2c[nH]c3ccccc23)C1. The van der Waals surface area contributed by atoms with E-state index in [0.717, 1.165) is 54.8 Å². The molecule has 9 heteroatoms. The lowest BCUT2D eigenvalue weighted by Gasteiger charge is -2.39. The summed E-state index contributed by atoms with van der Waals surface area (Å²) < 4.78 is 0. The van der Waals surface area contributed by atoms with Crippen LogP contribution in [-0.2, 0) is 24.2 Å². The van der Waals surface area contributed by atoms with Crippen molar-refractivity contribution in [3.8, 4) is 0 Å². The lowest BCUT2D eigenvalue weighted by molar-refractivity contribution is -0.148. The second kappa shape index (κ2) is 8.30. The fourth-order valence-electron chi connectivity index (χ4n) is 4.38. The van der Waals surface area contributed by atoms with Crippen molar-refractivity contribution in [2.24, 2.45) is 0 Å². The zero-order valence-corrected chi connectivity index (χ0v) is 18.1. The summed E-state index contributed by atoms with van der Waals surface area (Å²) in [6.45, 7) is 2.87. The second-order valence-electron chi connectivity index (χ2n) is 7.77. The zero-order chi connectivity index (χ0) is 21.4. The van der Waals surface area contributed by atoms with E-state index in [-0.39, 0.29) is 5.28 Å². The van der Waals surface area contributed by atoms with Crippen molar-refractivity contribution in [1.82, 2.24) is 30.1 Å². The number of rotatable bonds is 6. The maximum atomic E-state index is 11.2. The standard InChI is InChI=1S/C22H24ClN7O/c1-28-16(14-31)7-11-30(28)29-10-8-18-20(13-29)26-22(23)27-21(18)24-9-6-15-12-25-19-5-3-2-4-17(15)19/h2-5,7,12,14,25H,6,8-11,13H2,1H3,(H,24,26,27). The molecular formula is C22H24ClN7O. The molecule has 3 aromatic rings. The minimum absolute atomic E-state index is 0.247. The normalized spacial score (nSPS) is 17.1. The Morgan fingerprint density at radius 1 is 1.29 bits per heavy atom. The molecule has 0 unspecified atom stereocenters. The summed E-state index contributed by atoms with van der Waals surface area (Å²) in [6.07, 6.45) is 6.56. The summed E-state index contributed by atoms with van der Waals surface area (Å²) >= 11 is 6.25. The Hall–Kier alpha value is -2.94. The fraction of sp³-hybridized carbons (Fsp3) is 0.318. The van der Waals surface area contributed by atoms with Gasteiger partial charge in [-0.25, -0.2) is 15.0 Å². The van der Waals surface area contributed by atoms with Gasteiger partial charge in [0.1, 0.15) is 5.82 Å². The molecule has 1 aromatic carbocycles. The summed E-state index contributed by atoms with van der Waals surface area (Å²) in [6, 6.07) is 8.32. The summed E-state index contributed by atoms with van der Waals surface area (Å²) in [5.41, 5.74) is 5.14. The molecule has 2 aliphatic heterocycles. The van der Waals surface area contributed by atoms with Gasteiger partial charge in [-0.15, -0.1) is 5.12 Å². The third kappa shape index (κ3) is 3.78. The minimum atomic E-state index is 0.247. The summed E-state index contributed by atoms with van der Waals surface area (Å²) in [7, 11) is 1.90. The van der Waals surface area contributed by atoms with Gasteiger partial charge in [-0.3, -0.25) is 9.80 Å². The van der Waals surface area contributed by atoms with Gasteiger partial charge in [0.2, 0.25) is 5.28 Å². The molecule has 5 rings (SSSR count). The van der Waals surface area contributed by atoms with E-state index in [1.54, 1.807) is 0 Å². The lowest BCUT2D eigenvalue weighted by atomic mass is 10.1. The molecule has 0 fully saturated rings. The first-order valence-electron chi connectivity index (χ1n) is 10.4. The highest BCUT2D eigenvalue weighted by Crippen LogP contribution is 2.28. The van der Waals surface area contributed by atoms with Crippen molar-refractivity contribution in [2.75, 3.05) is 32.0 Å². The quantitative estimate of drug-likeness (QED) is 0.453. The number of nitrogens with zero attached hydrogens (tertiary/aromatic N) is 5. The van der Waals surface area contributed by atoms with Crippen LogP contribution in [0.15, 0.2) is 42.2 Å². The van der Waals surface area contributed by atoms with Crippen LogP contribution in [0.1, 0.15) is 16.8 Å². The van der Waals surface area contributed by atoms with Crippen molar-refractivity contribution in [3.63, 3.8) is 0 Å². The molecule has 0 radical (unpaired) electrons. The number of benzene rings is 1. The van der Waals surface area contributed by atoms with E-state index in [4.69, 9.17) is 11.6 Å². The van der Waals surface area contributed by atoms with Crippen LogP contribution >= 0.6 is 11.6 Å². The summed E-state index contributed by atoms with van der Waals surface area (Å²) in [4.78, 5) is 23.5. The number of anilines is 1. The first-order chi connectivity index (χ1) is 15.1. The lowest BCUT2D eigenvalue weighted by Crippen LogP contribution is -2.50. The molecule has 0 atom stereocenters. The highest BCUT2D eigenvalue weighted by Gasteiger charge is 2.30. The number of H-pyrrole nitrogens is 1. The molecule has 0 saturated heterocycles. The van der Waals surface area contributed by atoms with E-state index < -0.39 is 0 Å². The number of aromatic nitrogens is 3. The molecule has 2 aromatic heterocycles. The van der Waals surface area contributed by atoms with Crippen LogP contribution in [-0.4, -0.2) is 63.1 Å². The first kappa shape index (κ1) is 20.0. The number of fused-ring (bicyclic) bond motifs is 2. The average molecular weight is 438 g/mol. The van der Waals surface area contributed by atoms with E-state index in [2.05, 4.69) is 54.8 Å². The molecule has 0 spiro atoms. The number of likely N-dealkylation sites (N-methyl/N-ethyl adjacent to an activating group) is 1. The second-order valence-corrected chi connectivity index (χ2v) is 8.10. The van der Waals surface area contributed by atoms with Crippen LogP contribution in [0.3, 0.4) is 0 Å². The Kier molecular flexibility index (Phi) is 5.35. The Morgan fingerprint density at radius 2 is 2.16 bits per heavy atom. The van der Waals surface area contributed by atoms with Crippen molar-refractivity contribution in [2.45, 2.75) is 19.4 Å². The molecule has 0 aliphatic carbocycles. The van der Waals surface area contributed by atoms with E-state index in [1.807, 2.05) is 24.2 Å². The predicted octanol–water partition coefficient (Wildman–Crippen LogP) is 2.78. The number of hydrazine groups is 2. The topological polar surface area (TPSA) is 80.4 Å². The Labute approximate surface area is 185 Å². The molecule has 4 heterocycles. The highest BCUT2D eigenvalue weighted by atomic mass is 35.5. The zero-order valence-electron chi connectivity index (χ0n) is 17.3. The number of aromatic amines is 1. The van der Waals surface area contributed by atoms with Crippen LogP contribution in [0.2, 0.25) is 5.28 Å². The number of aldehydes is 1. The Bertz CT molecular complexity index is 1160. The van der Waals surface area contributed by atoms with Gasteiger partial charge >= 0.3 is 0 Å². The van der Waals surface area contributed by atoms with Crippen LogP contribution < -0.4 is 5.32 Å². The molecule has 0 saturated carbocycles. The molecule has 0 bridgehead atoms. The predicted molar refractivity (Wildman–Crippen MR) is 120 cm³/mol. The molecule has 0 amide bonds. The molecule has 2 N–H and O–H groups in total. The Morgan fingerprint density at radius 3 is 3.00 bits per heavy atom. The van der Waals surface area contributed by atoms with Crippen molar-refractivity contribution in [3.05, 3.63) is 64.3 Å². The van der Waals surface area contributed by atoms with Gasteiger partial charge in [0.05, 0.1) is 24.5 Å². The number of carbonyl (C=O) groups excluding carboxylic acids is 1. The molecule has 31 heavy (non-hydrogen) atoms. The Balaban J connectivity index is 1.28. The van der Waals surface area contributed by atoms with Gasteiger partial charge in [-0.05, 0) is 42.1 Å². The van der Waals surface area contributed by atoms with Gasteiger partial charge < -0.3 is 10.3 Å². The van der Waals surface area contributed by atoms with Gasteiger partial charge in [-0.2, -0.15) is 0 Å². The average Bonchev–Trinajstić information content (AvgIpc) is 3.36. The highest BCUT2D eigenvalue weighted by molar-refractivity contribution is 6.28. The van der Waals surface area contributed by atoms with Crippen molar-refractivity contribution in [1.29, 1.82) is 0 Å². The van der Waals surface area contributed by atoms with E-state index >= 15 is 0 Å². The van der Waals surface area contributed by atoms with Crippen LogP contribution in [0.25, 0.3) is 10.9 Å². The van der Waals surface area contributed by atoms with Crippen LogP contribution in [0.5, 0.6) is 0 Å². The number of halogens is 1. The summed E-state index contributed by atoms with van der Waals surface area (Å²) in [5, 5.41) is 11.1. The number of nitrogens with one attached hydrogen (secondary N) is 2. The molecule has 2 aliphatic rings. The number of para-hydroxylation sites is 1. The molecule has 160 valence electrons. The van der Waals surface area contributed by atoms with Crippen LogP contribution in [0, 0.1) is 0 Å². The van der Waals surface area contributed by atoms with Gasteiger partial charge in [0, 0.05) is 42.8 Å². The minimum Gasteiger partial charge on any atom is -0.369 e. The fourth-order valence-corrected chi connectivity index (χ4v) is 4.56. The molecule has 8 nitrogen and oxygen atoms in total. The number of hydrogen-bond acceptors (Lipinski definition) is 7. The van der Waals surface area contributed by atoms with E-state index in [1.165, 1.54) is 10.9 Å². The van der Waals surface area contributed by atoms with E-state index in [0.29, 0.717) is 18.8 Å². The third-order valence-electron chi connectivity index (χ3n) is 6.01. The van der Waals surface area contributed by atoms with Crippen molar-refractivity contribution < 1.29 is 4.79 Å². The van der Waals surface area contributed by atoms with Crippen molar-refractivity contribution >= 4 is 34.6 Å². The number of carbonyl (C=O) groups is 1. The van der Waals surface area contributed by atoms with Gasteiger partial charge in [0.25, 0.3) is 0 Å². The number of allylic oxidation sites excluding steroid dienone is 1. The molecular weight excluding hydrogens is 414 g/mol. The van der Waals surface area contributed by atoms with Gasteiger partial charge in [-0.1, -0.05) is 18.2 Å². The first-order valence-corrected chi connectivity index (χ1v) is 10.8.